The molecule has 3 rings (SSSR count). The van der Waals surface area contributed by atoms with Gasteiger partial charge in [-0.1, -0.05) is 17.7 Å². The van der Waals surface area contributed by atoms with Crippen LogP contribution in [-0.4, -0.2) is 26.7 Å². The molecule has 1 saturated heterocycles. The second-order valence-corrected chi connectivity index (χ2v) is 6.78. The number of aryl methyl sites for hydroxylation is 1. The maximum absolute atomic E-state index is 12.4. The van der Waals surface area contributed by atoms with Gasteiger partial charge in [0.2, 0.25) is 0 Å². The lowest BCUT2D eigenvalue weighted by Gasteiger charge is -2.16. The van der Waals surface area contributed by atoms with E-state index in [4.69, 9.17) is 0 Å². The Labute approximate surface area is 139 Å². The van der Waals surface area contributed by atoms with Gasteiger partial charge >= 0.3 is 0 Å². The van der Waals surface area contributed by atoms with Crippen molar-refractivity contribution in [1.82, 2.24) is 9.47 Å². The van der Waals surface area contributed by atoms with E-state index in [-0.39, 0.29) is 17.2 Å². The molecule has 118 valence electrons. The van der Waals surface area contributed by atoms with Crippen molar-refractivity contribution in [2.45, 2.75) is 26.8 Å². The highest BCUT2D eigenvalue weighted by Crippen LogP contribution is 2.33. The number of hydrogen-bond donors (Lipinski definition) is 0. The van der Waals surface area contributed by atoms with E-state index >= 15 is 0 Å². The number of carbonyl (C=O) groups is 2. The van der Waals surface area contributed by atoms with Crippen LogP contribution < -0.4 is 0 Å². The van der Waals surface area contributed by atoms with Gasteiger partial charge < -0.3 is 4.57 Å². The fourth-order valence-electron chi connectivity index (χ4n) is 2.51. The molecule has 0 radical (unpaired) electrons. The molecule has 1 aliphatic rings. The van der Waals surface area contributed by atoms with Gasteiger partial charge in [-0.3, -0.25) is 14.5 Å². The summed E-state index contributed by atoms with van der Waals surface area (Å²) >= 11 is 1.000. The van der Waals surface area contributed by atoms with Crippen LogP contribution in [0.5, 0.6) is 0 Å². The zero-order valence-corrected chi connectivity index (χ0v) is 14.1. The summed E-state index contributed by atoms with van der Waals surface area (Å²) in [6, 6.07) is 11.9. The first-order chi connectivity index (χ1) is 11.0. The molecule has 0 N–H and O–H groups in total. The van der Waals surface area contributed by atoms with Gasteiger partial charge in [0, 0.05) is 23.6 Å². The van der Waals surface area contributed by atoms with Gasteiger partial charge in [0.05, 0.1) is 4.91 Å². The highest BCUT2D eigenvalue weighted by atomic mass is 32.2. The van der Waals surface area contributed by atoms with E-state index in [9.17, 15) is 9.59 Å². The molecule has 4 nitrogen and oxygen atoms in total. The molecule has 2 heterocycles. The van der Waals surface area contributed by atoms with Gasteiger partial charge in [0.1, 0.15) is 0 Å². The molecule has 2 aromatic rings. The second kappa shape index (κ2) is 6.08. The van der Waals surface area contributed by atoms with Crippen LogP contribution in [0.4, 0.5) is 4.79 Å². The van der Waals surface area contributed by atoms with Crippen LogP contribution in [0.25, 0.3) is 11.8 Å². The summed E-state index contributed by atoms with van der Waals surface area (Å²) in [5.74, 6) is -0.216. The molecular formula is C18H18N2O2S. The van der Waals surface area contributed by atoms with Crippen molar-refractivity contribution in [1.29, 1.82) is 0 Å². The highest BCUT2D eigenvalue weighted by Gasteiger charge is 2.36. The lowest BCUT2D eigenvalue weighted by atomic mass is 10.2. The Balaban J connectivity index is 1.96. The van der Waals surface area contributed by atoms with Crippen LogP contribution in [0.15, 0.2) is 47.5 Å². The van der Waals surface area contributed by atoms with Gasteiger partial charge in [0.25, 0.3) is 11.1 Å². The Morgan fingerprint density at radius 1 is 1.09 bits per heavy atom. The molecule has 5 heteroatoms. The average Bonchev–Trinajstić information content (AvgIpc) is 3.05. The number of imide groups is 1. The molecule has 0 unspecified atom stereocenters. The summed E-state index contributed by atoms with van der Waals surface area (Å²) < 4.78 is 2.00. The van der Waals surface area contributed by atoms with Crippen LogP contribution >= 0.6 is 11.8 Å². The Bertz CT molecular complexity index is 788. The lowest BCUT2D eigenvalue weighted by molar-refractivity contribution is -0.123. The zero-order valence-electron chi connectivity index (χ0n) is 13.3. The van der Waals surface area contributed by atoms with Gasteiger partial charge in [-0.2, -0.15) is 0 Å². The highest BCUT2D eigenvalue weighted by molar-refractivity contribution is 8.18. The van der Waals surface area contributed by atoms with Gasteiger partial charge in [0.15, 0.2) is 0 Å². The Morgan fingerprint density at radius 3 is 2.39 bits per heavy atom. The number of hydrogen-bond acceptors (Lipinski definition) is 3. The van der Waals surface area contributed by atoms with Crippen molar-refractivity contribution in [3.63, 3.8) is 0 Å². The van der Waals surface area contributed by atoms with E-state index in [0.29, 0.717) is 4.91 Å². The van der Waals surface area contributed by atoms with Gasteiger partial charge in [-0.25, -0.2) is 0 Å². The Morgan fingerprint density at radius 2 is 1.78 bits per heavy atom. The molecule has 1 fully saturated rings. The molecule has 0 spiro atoms. The average molecular weight is 326 g/mol. The lowest BCUT2D eigenvalue weighted by Crippen LogP contribution is -2.34. The van der Waals surface area contributed by atoms with Crippen LogP contribution in [0.2, 0.25) is 0 Å². The number of benzene rings is 1. The Hall–Kier alpha value is -2.27. The number of amides is 2. The Kier molecular flexibility index (Phi) is 4.13. The summed E-state index contributed by atoms with van der Waals surface area (Å²) in [6.07, 6.45) is 3.73. The van der Waals surface area contributed by atoms with Crippen molar-refractivity contribution in [2.75, 3.05) is 0 Å². The molecule has 0 bridgehead atoms. The molecule has 1 aliphatic heterocycles. The summed E-state index contributed by atoms with van der Waals surface area (Å²) in [5, 5.41) is -0.204. The van der Waals surface area contributed by atoms with Gasteiger partial charge in [-0.15, -0.1) is 0 Å². The maximum Gasteiger partial charge on any atom is 0.293 e. The van der Waals surface area contributed by atoms with Gasteiger partial charge in [-0.05, 0) is 62.9 Å². The third kappa shape index (κ3) is 2.97. The van der Waals surface area contributed by atoms with E-state index in [1.807, 2.05) is 67.9 Å². The first-order valence-electron chi connectivity index (χ1n) is 7.49. The van der Waals surface area contributed by atoms with Crippen LogP contribution in [0.3, 0.4) is 0 Å². The fraction of sp³-hybridized carbons (Fsp3) is 0.222. The predicted molar refractivity (Wildman–Crippen MR) is 93.5 cm³/mol. The van der Waals surface area contributed by atoms with Crippen LogP contribution in [0, 0.1) is 6.92 Å². The molecular weight excluding hydrogens is 308 g/mol. The normalized spacial score (nSPS) is 16.9. The van der Waals surface area contributed by atoms with E-state index in [1.165, 1.54) is 10.5 Å². The minimum absolute atomic E-state index is 0.128. The number of aromatic nitrogens is 1. The summed E-state index contributed by atoms with van der Waals surface area (Å²) in [5.41, 5.74) is 3.10. The number of rotatable bonds is 3. The number of nitrogens with zero attached hydrogens (tertiary/aromatic N) is 2. The van der Waals surface area contributed by atoms with E-state index in [2.05, 4.69) is 0 Å². The summed E-state index contributed by atoms with van der Waals surface area (Å²) in [7, 11) is 0. The largest absolute Gasteiger partial charge is 0.317 e. The standard InChI is InChI=1S/C18H18N2O2S/c1-12(2)20-17(21)16(23-18(20)22)11-15-5-4-10-19(15)14-8-6-13(3)7-9-14/h4-12H,1-3H3/b16-11+. The second-order valence-electron chi connectivity index (χ2n) is 5.78. The molecule has 1 aromatic carbocycles. The molecule has 0 aliphatic carbocycles. The monoisotopic (exact) mass is 326 g/mol. The van der Waals surface area contributed by atoms with E-state index in [0.717, 1.165) is 23.1 Å². The minimum Gasteiger partial charge on any atom is -0.317 e. The molecule has 0 atom stereocenters. The van der Waals surface area contributed by atoms with E-state index < -0.39 is 0 Å². The topological polar surface area (TPSA) is 42.3 Å². The van der Waals surface area contributed by atoms with E-state index in [1.54, 1.807) is 6.08 Å². The van der Waals surface area contributed by atoms with Crippen molar-refractivity contribution in [3.05, 3.63) is 58.8 Å². The minimum atomic E-state index is -0.216. The quantitative estimate of drug-likeness (QED) is 0.793. The van der Waals surface area contributed by atoms with Crippen molar-refractivity contribution < 1.29 is 9.59 Å². The first kappa shape index (κ1) is 15.6. The molecule has 0 saturated carbocycles. The first-order valence-corrected chi connectivity index (χ1v) is 8.30. The molecule has 23 heavy (non-hydrogen) atoms. The SMILES string of the molecule is Cc1ccc(-n2cccc2/C=C2/SC(=O)N(C(C)C)C2=O)cc1. The van der Waals surface area contributed by atoms with Crippen molar-refractivity contribution >= 4 is 29.0 Å². The molecule has 1 aromatic heterocycles. The predicted octanol–water partition coefficient (Wildman–Crippen LogP) is 4.23. The number of carbonyl (C=O) groups excluding carboxylic acids is 2. The summed E-state index contributed by atoms with van der Waals surface area (Å²) in [6.45, 7) is 5.73. The molecule has 2 amide bonds. The van der Waals surface area contributed by atoms with Crippen molar-refractivity contribution in [3.8, 4) is 5.69 Å². The summed E-state index contributed by atoms with van der Waals surface area (Å²) in [4.78, 5) is 26.1. The third-order valence-corrected chi connectivity index (χ3v) is 4.60. The number of thioether (sulfide) groups is 1. The third-order valence-electron chi connectivity index (χ3n) is 3.71. The van der Waals surface area contributed by atoms with Crippen LogP contribution in [0.1, 0.15) is 25.1 Å². The van der Waals surface area contributed by atoms with Crippen LogP contribution in [-0.2, 0) is 4.79 Å². The fourth-order valence-corrected chi connectivity index (χ4v) is 3.46. The zero-order chi connectivity index (χ0) is 16.6. The van der Waals surface area contributed by atoms with Crippen molar-refractivity contribution in [2.24, 2.45) is 0 Å². The smallest absolute Gasteiger partial charge is 0.293 e. The maximum atomic E-state index is 12.4.